The number of carbonyl (C=O) groups excluding carboxylic acids is 1. The highest BCUT2D eigenvalue weighted by atomic mass is 79.9. The highest BCUT2D eigenvalue weighted by Crippen LogP contribution is 2.32. The average molecular weight is 312 g/mol. The Labute approximate surface area is 112 Å². The van der Waals surface area contributed by atoms with Crippen LogP contribution in [0.3, 0.4) is 0 Å². The standard InChI is InChI=1S/C13H11BrFNO2/c1-3-18-13(17)9-7(2)8-5-4-6-16-12(8)11(15)10(9)14/h4-6H,3H2,1-2H3. The number of hydrogen-bond donors (Lipinski definition) is 0. The van der Waals surface area contributed by atoms with Crippen molar-refractivity contribution in [2.45, 2.75) is 13.8 Å². The van der Waals surface area contributed by atoms with Gasteiger partial charge in [0.1, 0.15) is 5.52 Å². The number of nitrogens with zero attached hydrogens (tertiary/aromatic N) is 1. The van der Waals surface area contributed by atoms with Crippen molar-refractivity contribution in [1.82, 2.24) is 4.98 Å². The van der Waals surface area contributed by atoms with Gasteiger partial charge in [0.25, 0.3) is 0 Å². The molecule has 2 aromatic rings. The molecule has 1 aromatic carbocycles. The number of hydrogen-bond acceptors (Lipinski definition) is 3. The van der Waals surface area contributed by atoms with Crippen LogP contribution in [-0.4, -0.2) is 17.6 Å². The molecule has 5 heteroatoms. The number of pyridine rings is 1. The Bertz CT molecular complexity index is 628. The van der Waals surface area contributed by atoms with E-state index < -0.39 is 11.8 Å². The molecular formula is C13H11BrFNO2. The maximum Gasteiger partial charge on any atom is 0.339 e. The van der Waals surface area contributed by atoms with Gasteiger partial charge in [-0.25, -0.2) is 9.18 Å². The summed E-state index contributed by atoms with van der Waals surface area (Å²) in [6.45, 7) is 3.71. The molecule has 0 aliphatic rings. The number of rotatable bonds is 2. The van der Waals surface area contributed by atoms with E-state index in [1.54, 1.807) is 26.0 Å². The van der Waals surface area contributed by atoms with E-state index in [1.165, 1.54) is 6.20 Å². The van der Waals surface area contributed by atoms with Gasteiger partial charge in [0, 0.05) is 11.6 Å². The zero-order chi connectivity index (χ0) is 13.3. The van der Waals surface area contributed by atoms with E-state index in [4.69, 9.17) is 4.74 Å². The van der Waals surface area contributed by atoms with Crippen molar-refractivity contribution in [3.05, 3.63) is 39.7 Å². The first-order valence-corrected chi connectivity index (χ1v) is 6.26. The second kappa shape index (κ2) is 5.02. The Balaban J connectivity index is 2.78. The second-order valence-corrected chi connectivity index (χ2v) is 4.54. The summed E-state index contributed by atoms with van der Waals surface area (Å²) >= 11 is 3.11. The summed E-state index contributed by atoms with van der Waals surface area (Å²) in [7, 11) is 0. The topological polar surface area (TPSA) is 39.2 Å². The molecule has 18 heavy (non-hydrogen) atoms. The highest BCUT2D eigenvalue weighted by Gasteiger charge is 2.22. The molecular weight excluding hydrogens is 301 g/mol. The van der Waals surface area contributed by atoms with Gasteiger partial charge < -0.3 is 4.74 Å². The first-order chi connectivity index (χ1) is 8.57. The summed E-state index contributed by atoms with van der Waals surface area (Å²) in [6, 6.07) is 3.44. The molecule has 0 unspecified atom stereocenters. The van der Waals surface area contributed by atoms with E-state index in [9.17, 15) is 9.18 Å². The molecule has 94 valence electrons. The Morgan fingerprint density at radius 1 is 1.56 bits per heavy atom. The summed E-state index contributed by atoms with van der Waals surface area (Å²) in [5.74, 6) is -1.08. The number of halogens is 2. The summed E-state index contributed by atoms with van der Waals surface area (Å²) in [6.07, 6.45) is 1.52. The maximum atomic E-state index is 14.1. The van der Waals surface area contributed by atoms with E-state index in [0.717, 1.165) is 0 Å². The third kappa shape index (κ3) is 1.99. The van der Waals surface area contributed by atoms with Crippen LogP contribution in [0.4, 0.5) is 4.39 Å². The molecule has 0 aliphatic heterocycles. The van der Waals surface area contributed by atoms with Crippen molar-refractivity contribution in [3.63, 3.8) is 0 Å². The van der Waals surface area contributed by atoms with Crippen molar-refractivity contribution in [2.24, 2.45) is 0 Å². The number of benzene rings is 1. The predicted molar refractivity (Wildman–Crippen MR) is 70.1 cm³/mol. The monoisotopic (exact) mass is 311 g/mol. The molecule has 0 bridgehead atoms. The fourth-order valence-corrected chi connectivity index (χ4v) is 2.49. The van der Waals surface area contributed by atoms with Gasteiger partial charge in [0.2, 0.25) is 0 Å². The van der Waals surface area contributed by atoms with Gasteiger partial charge in [0.15, 0.2) is 5.82 Å². The fraction of sp³-hybridized carbons (Fsp3) is 0.231. The van der Waals surface area contributed by atoms with E-state index in [-0.39, 0.29) is 22.2 Å². The Kier molecular flexibility index (Phi) is 3.61. The number of carbonyl (C=O) groups is 1. The van der Waals surface area contributed by atoms with Gasteiger partial charge in [0.05, 0.1) is 16.6 Å². The molecule has 0 saturated carbocycles. The van der Waals surface area contributed by atoms with Crippen molar-refractivity contribution in [1.29, 1.82) is 0 Å². The lowest BCUT2D eigenvalue weighted by molar-refractivity contribution is 0.0524. The minimum absolute atomic E-state index is 0.102. The second-order valence-electron chi connectivity index (χ2n) is 3.75. The SMILES string of the molecule is CCOC(=O)c1c(Br)c(F)c2ncccc2c1C. The van der Waals surface area contributed by atoms with Crippen LogP contribution >= 0.6 is 15.9 Å². The molecule has 1 aromatic heterocycles. The van der Waals surface area contributed by atoms with Crippen LogP contribution in [0.2, 0.25) is 0 Å². The van der Waals surface area contributed by atoms with E-state index >= 15 is 0 Å². The van der Waals surface area contributed by atoms with Gasteiger partial charge in [-0.1, -0.05) is 6.07 Å². The zero-order valence-corrected chi connectivity index (χ0v) is 11.5. The zero-order valence-electron chi connectivity index (χ0n) is 9.96. The molecule has 0 aliphatic carbocycles. The van der Waals surface area contributed by atoms with Gasteiger partial charge in [-0.3, -0.25) is 4.98 Å². The van der Waals surface area contributed by atoms with Gasteiger partial charge in [-0.2, -0.15) is 0 Å². The molecule has 0 amide bonds. The van der Waals surface area contributed by atoms with Crippen LogP contribution in [0, 0.1) is 12.7 Å². The van der Waals surface area contributed by atoms with Crippen LogP contribution in [-0.2, 0) is 4.74 Å². The van der Waals surface area contributed by atoms with Crippen LogP contribution in [0.25, 0.3) is 10.9 Å². The maximum absolute atomic E-state index is 14.1. The summed E-state index contributed by atoms with van der Waals surface area (Å²) in [5.41, 5.74) is 1.12. The van der Waals surface area contributed by atoms with Crippen molar-refractivity contribution in [3.8, 4) is 0 Å². The normalized spacial score (nSPS) is 10.7. The quantitative estimate of drug-likeness (QED) is 0.795. The van der Waals surface area contributed by atoms with Gasteiger partial charge in [-0.15, -0.1) is 0 Å². The highest BCUT2D eigenvalue weighted by molar-refractivity contribution is 9.10. The Morgan fingerprint density at radius 3 is 2.94 bits per heavy atom. The number of aryl methyl sites for hydroxylation is 1. The summed E-state index contributed by atoms with van der Waals surface area (Å²) in [4.78, 5) is 15.8. The largest absolute Gasteiger partial charge is 0.462 e. The lowest BCUT2D eigenvalue weighted by Crippen LogP contribution is -2.09. The molecule has 0 spiro atoms. The van der Waals surface area contributed by atoms with E-state index in [0.29, 0.717) is 10.9 Å². The molecule has 1 heterocycles. The molecule has 0 N–H and O–H groups in total. The Morgan fingerprint density at radius 2 is 2.28 bits per heavy atom. The minimum atomic E-state index is -0.542. The minimum Gasteiger partial charge on any atom is -0.462 e. The van der Waals surface area contributed by atoms with Crippen LogP contribution in [0.15, 0.2) is 22.8 Å². The van der Waals surface area contributed by atoms with Crippen molar-refractivity contribution < 1.29 is 13.9 Å². The number of fused-ring (bicyclic) bond motifs is 1. The third-order valence-corrected chi connectivity index (χ3v) is 3.43. The van der Waals surface area contributed by atoms with Gasteiger partial charge >= 0.3 is 5.97 Å². The van der Waals surface area contributed by atoms with Crippen LogP contribution in [0.1, 0.15) is 22.8 Å². The molecule has 0 radical (unpaired) electrons. The third-order valence-electron chi connectivity index (χ3n) is 2.69. The number of aromatic nitrogens is 1. The fourth-order valence-electron chi connectivity index (χ4n) is 1.84. The van der Waals surface area contributed by atoms with Crippen molar-refractivity contribution in [2.75, 3.05) is 6.61 Å². The predicted octanol–water partition coefficient (Wildman–Crippen LogP) is 3.62. The van der Waals surface area contributed by atoms with E-state index in [2.05, 4.69) is 20.9 Å². The van der Waals surface area contributed by atoms with Crippen LogP contribution < -0.4 is 0 Å². The Hall–Kier alpha value is -1.49. The first-order valence-electron chi connectivity index (χ1n) is 5.47. The average Bonchev–Trinajstić information content (AvgIpc) is 2.37. The molecule has 0 fully saturated rings. The lowest BCUT2D eigenvalue weighted by Gasteiger charge is -2.11. The smallest absolute Gasteiger partial charge is 0.339 e. The molecule has 0 atom stereocenters. The molecule has 3 nitrogen and oxygen atoms in total. The van der Waals surface area contributed by atoms with Crippen LogP contribution in [0.5, 0.6) is 0 Å². The number of esters is 1. The number of ether oxygens (including phenoxy) is 1. The summed E-state index contributed by atoms with van der Waals surface area (Å²) in [5, 5.41) is 0.612. The van der Waals surface area contributed by atoms with Crippen molar-refractivity contribution >= 4 is 32.8 Å². The first kappa shape index (κ1) is 13.0. The lowest BCUT2D eigenvalue weighted by atomic mass is 10.0. The molecule has 2 rings (SSSR count). The van der Waals surface area contributed by atoms with E-state index in [1.807, 2.05) is 0 Å². The summed E-state index contributed by atoms with van der Waals surface area (Å²) < 4.78 is 19.2. The van der Waals surface area contributed by atoms with Gasteiger partial charge in [-0.05, 0) is 41.4 Å². The molecule has 0 saturated heterocycles.